The second-order valence-corrected chi connectivity index (χ2v) is 4.25. The first-order valence-electron chi connectivity index (χ1n) is 3.08. The molecule has 0 saturated heterocycles. The van der Waals surface area contributed by atoms with Crippen molar-refractivity contribution in [1.82, 2.24) is 4.37 Å². The van der Waals surface area contributed by atoms with Crippen molar-refractivity contribution in [1.29, 1.82) is 0 Å². The summed E-state index contributed by atoms with van der Waals surface area (Å²) in [5.74, 6) is -0.315. The second-order valence-electron chi connectivity index (χ2n) is 2.24. The Morgan fingerprint density at radius 2 is 2.25 bits per heavy atom. The molecular weight excluding hydrogens is 265 g/mol. The number of halogens is 3. The van der Waals surface area contributed by atoms with Crippen molar-refractivity contribution < 1.29 is 4.39 Å². The van der Waals surface area contributed by atoms with E-state index in [0.717, 1.165) is 4.70 Å². The topological polar surface area (TPSA) is 12.9 Å². The molecule has 2 aromatic rings. The van der Waals surface area contributed by atoms with Gasteiger partial charge in [-0.05, 0) is 39.6 Å². The minimum atomic E-state index is -0.315. The minimum absolute atomic E-state index is 0.315. The molecule has 0 N–H and O–H groups in total. The van der Waals surface area contributed by atoms with Crippen LogP contribution in [-0.4, -0.2) is 4.37 Å². The summed E-state index contributed by atoms with van der Waals surface area (Å²) in [4.78, 5) is 0. The maximum Gasteiger partial charge on any atom is 0.150 e. The van der Waals surface area contributed by atoms with Gasteiger partial charge >= 0.3 is 0 Å². The smallest absolute Gasteiger partial charge is 0.150 e. The van der Waals surface area contributed by atoms with Gasteiger partial charge in [-0.2, -0.15) is 4.37 Å². The standard InChI is InChI=1S/C7H2BrClFNS/c8-4-2-6-3(1-5(4)10)7(9)11-12-6/h1-2H. The zero-order valence-electron chi connectivity index (χ0n) is 5.64. The van der Waals surface area contributed by atoms with Gasteiger partial charge in [0.05, 0.1) is 9.17 Å². The number of nitrogens with zero attached hydrogens (tertiary/aromatic N) is 1. The molecule has 1 aromatic heterocycles. The summed E-state index contributed by atoms with van der Waals surface area (Å²) in [6.45, 7) is 0. The fraction of sp³-hybridized carbons (Fsp3) is 0. The molecule has 0 spiro atoms. The molecule has 0 aliphatic heterocycles. The van der Waals surface area contributed by atoms with Crippen LogP contribution in [0, 0.1) is 5.82 Å². The predicted octanol–water partition coefficient (Wildman–Crippen LogP) is 3.85. The second kappa shape index (κ2) is 2.94. The number of hydrogen-bond acceptors (Lipinski definition) is 2. The third kappa shape index (κ3) is 1.24. The van der Waals surface area contributed by atoms with Gasteiger partial charge in [0, 0.05) is 5.39 Å². The van der Waals surface area contributed by atoms with Crippen LogP contribution in [0.15, 0.2) is 16.6 Å². The van der Waals surface area contributed by atoms with Gasteiger partial charge in [-0.25, -0.2) is 4.39 Å². The third-order valence-electron chi connectivity index (χ3n) is 1.47. The Bertz CT molecular complexity index is 442. The highest BCUT2D eigenvalue weighted by Gasteiger charge is 2.07. The maximum atomic E-state index is 13.0. The molecule has 62 valence electrons. The molecule has 0 aliphatic rings. The van der Waals surface area contributed by atoms with Crippen LogP contribution >= 0.6 is 39.1 Å². The summed E-state index contributed by atoms with van der Waals surface area (Å²) >= 11 is 10.1. The summed E-state index contributed by atoms with van der Waals surface area (Å²) < 4.78 is 18.2. The van der Waals surface area contributed by atoms with Crippen molar-refractivity contribution in [2.75, 3.05) is 0 Å². The molecule has 0 bridgehead atoms. The number of benzene rings is 1. The van der Waals surface area contributed by atoms with E-state index < -0.39 is 0 Å². The third-order valence-corrected chi connectivity index (χ3v) is 3.27. The highest BCUT2D eigenvalue weighted by atomic mass is 79.9. The Hall–Kier alpha value is -0.190. The first-order valence-corrected chi connectivity index (χ1v) is 5.03. The van der Waals surface area contributed by atoms with E-state index in [9.17, 15) is 4.39 Å². The van der Waals surface area contributed by atoms with Crippen molar-refractivity contribution >= 4 is 49.1 Å². The molecule has 1 nitrogen and oxygen atoms in total. The summed E-state index contributed by atoms with van der Waals surface area (Å²) in [6.07, 6.45) is 0. The fourth-order valence-corrected chi connectivity index (χ4v) is 2.42. The normalized spacial score (nSPS) is 10.9. The lowest BCUT2D eigenvalue weighted by Gasteiger charge is -1.93. The Kier molecular flexibility index (Phi) is 2.06. The van der Waals surface area contributed by atoms with Gasteiger partial charge in [0.2, 0.25) is 0 Å². The molecule has 12 heavy (non-hydrogen) atoms. The molecule has 0 radical (unpaired) electrons. The van der Waals surface area contributed by atoms with E-state index in [1.807, 2.05) is 0 Å². The van der Waals surface area contributed by atoms with Gasteiger partial charge in [-0.3, -0.25) is 0 Å². The van der Waals surface area contributed by atoms with E-state index in [1.54, 1.807) is 6.07 Å². The molecule has 5 heteroatoms. The zero-order valence-corrected chi connectivity index (χ0v) is 8.80. The van der Waals surface area contributed by atoms with E-state index in [0.29, 0.717) is 15.0 Å². The Morgan fingerprint density at radius 3 is 3.00 bits per heavy atom. The molecule has 0 amide bonds. The van der Waals surface area contributed by atoms with Crippen molar-refractivity contribution in [3.8, 4) is 0 Å². The summed E-state index contributed by atoms with van der Waals surface area (Å²) in [7, 11) is 0. The molecule has 2 rings (SSSR count). The van der Waals surface area contributed by atoms with Crippen molar-refractivity contribution in [2.45, 2.75) is 0 Å². The van der Waals surface area contributed by atoms with Gasteiger partial charge in [-0.1, -0.05) is 11.6 Å². The van der Waals surface area contributed by atoms with E-state index >= 15 is 0 Å². The molecule has 1 heterocycles. The number of fused-ring (bicyclic) bond motifs is 1. The van der Waals surface area contributed by atoms with Crippen molar-refractivity contribution in [3.05, 3.63) is 27.6 Å². The average Bonchev–Trinajstić information content (AvgIpc) is 2.35. The SMILES string of the molecule is Fc1cc2c(Cl)nsc2cc1Br. The monoisotopic (exact) mass is 265 g/mol. The minimum Gasteiger partial charge on any atom is -0.206 e. The molecule has 1 aromatic carbocycles. The van der Waals surface area contributed by atoms with Crippen molar-refractivity contribution in [2.24, 2.45) is 0 Å². The number of rotatable bonds is 0. The largest absolute Gasteiger partial charge is 0.206 e. The van der Waals surface area contributed by atoms with Gasteiger partial charge < -0.3 is 0 Å². The first-order chi connectivity index (χ1) is 5.68. The van der Waals surface area contributed by atoms with Crippen LogP contribution in [0.2, 0.25) is 5.15 Å². The Labute approximate surface area is 85.5 Å². The quantitative estimate of drug-likeness (QED) is 0.706. The lowest BCUT2D eigenvalue weighted by Crippen LogP contribution is -1.75. The van der Waals surface area contributed by atoms with Crippen LogP contribution in [0.4, 0.5) is 4.39 Å². The molecule has 0 fully saturated rings. The molecule has 0 saturated carbocycles. The highest BCUT2D eigenvalue weighted by Crippen LogP contribution is 2.30. The van der Waals surface area contributed by atoms with Crippen molar-refractivity contribution in [3.63, 3.8) is 0 Å². The van der Waals surface area contributed by atoms with E-state index in [4.69, 9.17) is 11.6 Å². The predicted molar refractivity (Wildman–Crippen MR) is 52.3 cm³/mol. The van der Waals surface area contributed by atoms with Gasteiger partial charge in [0.1, 0.15) is 5.82 Å². The molecule has 0 aliphatic carbocycles. The van der Waals surface area contributed by atoms with Crippen LogP contribution in [0.5, 0.6) is 0 Å². The van der Waals surface area contributed by atoms with E-state index in [-0.39, 0.29) is 5.82 Å². The Balaban J connectivity index is 2.87. The van der Waals surface area contributed by atoms with Crippen LogP contribution < -0.4 is 0 Å². The maximum absolute atomic E-state index is 13.0. The molecule has 0 atom stereocenters. The lowest BCUT2D eigenvalue weighted by atomic mass is 10.3. The summed E-state index contributed by atoms with van der Waals surface area (Å²) in [5, 5.41) is 1.03. The van der Waals surface area contributed by atoms with Crippen LogP contribution in [-0.2, 0) is 0 Å². The first kappa shape index (κ1) is 8.41. The van der Waals surface area contributed by atoms with Crippen LogP contribution in [0.1, 0.15) is 0 Å². The van der Waals surface area contributed by atoms with E-state index in [2.05, 4.69) is 20.3 Å². The molecule has 0 unspecified atom stereocenters. The van der Waals surface area contributed by atoms with Gasteiger partial charge in [0.15, 0.2) is 5.15 Å². The molecular formula is C7H2BrClFNS. The zero-order chi connectivity index (χ0) is 8.72. The summed E-state index contributed by atoms with van der Waals surface area (Å²) in [6, 6.07) is 3.06. The van der Waals surface area contributed by atoms with Crippen LogP contribution in [0.25, 0.3) is 10.1 Å². The highest BCUT2D eigenvalue weighted by molar-refractivity contribution is 9.10. The van der Waals surface area contributed by atoms with Gasteiger partial charge in [0.25, 0.3) is 0 Å². The van der Waals surface area contributed by atoms with Crippen LogP contribution in [0.3, 0.4) is 0 Å². The lowest BCUT2D eigenvalue weighted by molar-refractivity contribution is 0.623. The fourth-order valence-electron chi connectivity index (χ4n) is 0.904. The van der Waals surface area contributed by atoms with Gasteiger partial charge in [-0.15, -0.1) is 0 Å². The number of aromatic nitrogens is 1. The number of hydrogen-bond donors (Lipinski definition) is 0. The van der Waals surface area contributed by atoms with E-state index in [1.165, 1.54) is 17.6 Å². The Morgan fingerprint density at radius 1 is 1.50 bits per heavy atom. The average molecular weight is 267 g/mol. The summed E-state index contributed by atoms with van der Waals surface area (Å²) in [5.41, 5.74) is 0.